The van der Waals surface area contributed by atoms with E-state index in [0.717, 1.165) is 24.1 Å². The van der Waals surface area contributed by atoms with Gasteiger partial charge in [-0.3, -0.25) is 4.99 Å². The molecule has 0 heterocycles. The van der Waals surface area contributed by atoms with Crippen LogP contribution < -0.4 is 0 Å². The fourth-order valence-corrected chi connectivity index (χ4v) is 1.68. The Morgan fingerprint density at radius 3 is 2.88 bits per heavy atom. The predicted octanol–water partition coefficient (Wildman–Crippen LogP) is 3.44. The van der Waals surface area contributed by atoms with Crippen LogP contribution in [0.2, 0.25) is 0 Å². The second-order valence-corrected chi connectivity index (χ2v) is 3.89. The first kappa shape index (κ1) is 10.7. The average Bonchev–Trinajstić information content (AvgIpc) is 2.30. The Balaban J connectivity index is 2.22. The van der Waals surface area contributed by atoms with Gasteiger partial charge in [-0.25, -0.2) is 0 Å². The molecule has 1 aromatic rings. The van der Waals surface area contributed by atoms with Gasteiger partial charge in [-0.15, -0.1) is 0 Å². The van der Waals surface area contributed by atoms with Gasteiger partial charge >= 0.3 is 0 Å². The number of phenols is 1. The van der Waals surface area contributed by atoms with Gasteiger partial charge in [-0.05, 0) is 37.5 Å². The summed E-state index contributed by atoms with van der Waals surface area (Å²) in [5.41, 5.74) is 3.07. The smallest absolute Gasteiger partial charge is 0.124 e. The van der Waals surface area contributed by atoms with Gasteiger partial charge in [0.2, 0.25) is 0 Å². The molecule has 2 nitrogen and oxygen atoms in total. The molecular formula is C14H15NO. The molecule has 0 unspecified atom stereocenters. The minimum absolute atomic E-state index is 0.274. The van der Waals surface area contributed by atoms with E-state index >= 15 is 0 Å². The summed E-state index contributed by atoms with van der Waals surface area (Å²) in [5.74, 6) is 0.274. The summed E-state index contributed by atoms with van der Waals surface area (Å²) in [6.45, 7) is 2.06. The summed E-state index contributed by atoms with van der Waals surface area (Å²) >= 11 is 0. The zero-order valence-corrected chi connectivity index (χ0v) is 9.35. The molecular weight excluding hydrogens is 198 g/mol. The van der Waals surface area contributed by atoms with E-state index in [1.807, 2.05) is 12.1 Å². The van der Waals surface area contributed by atoms with Crippen molar-refractivity contribution < 1.29 is 5.11 Å². The van der Waals surface area contributed by atoms with Gasteiger partial charge in [-0.1, -0.05) is 24.3 Å². The quantitative estimate of drug-likeness (QED) is 0.750. The lowest BCUT2D eigenvalue weighted by Crippen LogP contribution is -1.91. The highest BCUT2D eigenvalue weighted by Crippen LogP contribution is 2.20. The molecule has 0 saturated carbocycles. The molecule has 16 heavy (non-hydrogen) atoms. The first-order chi connectivity index (χ1) is 7.77. The number of para-hydroxylation sites is 1. The maximum Gasteiger partial charge on any atom is 0.124 e. The molecule has 1 N–H and O–H groups in total. The Bertz CT molecular complexity index is 469. The molecule has 2 rings (SSSR count). The molecule has 0 bridgehead atoms. The summed E-state index contributed by atoms with van der Waals surface area (Å²) in [7, 11) is 0. The topological polar surface area (TPSA) is 32.6 Å². The average molecular weight is 213 g/mol. The van der Waals surface area contributed by atoms with Crippen molar-refractivity contribution in [2.75, 3.05) is 0 Å². The SMILES string of the molecule is CC1=C(N=Cc2ccccc2O)CCC=C1. The van der Waals surface area contributed by atoms with E-state index < -0.39 is 0 Å². The molecule has 0 fully saturated rings. The van der Waals surface area contributed by atoms with Crippen molar-refractivity contribution in [3.05, 3.63) is 53.3 Å². The van der Waals surface area contributed by atoms with E-state index in [1.54, 1.807) is 18.3 Å². The Hall–Kier alpha value is -1.83. The van der Waals surface area contributed by atoms with Crippen molar-refractivity contribution in [2.45, 2.75) is 19.8 Å². The lowest BCUT2D eigenvalue weighted by Gasteiger charge is -2.08. The first-order valence-electron chi connectivity index (χ1n) is 5.46. The number of hydrogen-bond acceptors (Lipinski definition) is 2. The van der Waals surface area contributed by atoms with Crippen LogP contribution in [0.15, 0.2) is 52.7 Å². The molecule has 0 aromatic heterocycles. The highest BCUT2D eigenvalue weighted by molar-refractivity contribution is 5.84. The summed E-state index contributed by atoms with van der Waals surface area (Å²) < 4.78 is 0. The van der Waals surface area contributed by atoms with Gasteiger partial charge in [0.15, 0.2) is 0 Å². The van der Waals surface area contributed by atoms with E-state index in [4.69, 9.17) is 0 Å². The summed E-state index contributed by atoms with van der Waals surface area (Å²) in [6, 6.07) is 7.22. The largest absolute Gasteiger partial charge is 0.507 e. The van der Waals surface area contributed by atoms with Gasteiger partial charge in [-0.2, -0.15) is 0 Å². The van der Waals surface area contributed by atoms with E-state index in [0.29, 0.717) is 0 Å². The van der Waals surface area contributed by atoms with Crippen molar-refractivity contribution in [2.24, 2.45) is 4.99 Å². The third-order valence-electron chi connectivity index (χ3n) is 2.67. The van der Waals surface area contributed by atoms with Gasteiger partial charge in [0.25, 0.3) is 0 Å². The summed E-state index contributed by atoms with van der Waals surface area (Å²) in [6.07, 6.45) is 8.01. The molecule has 1 aliphatic carbocycles. The maximum absolute atomic E-state index is 9.58. The van der Waals surface area contributed by atoms with Crippen molar-refractivity contribution >= 4 is 6.21 Å². The summed E-state index contributed by atoms with van der Waals surface area (Å²) in [5, 5.41) is 9.58. The molecule has 0 saturated heterocycles. The van der Waals surface area contributed by atoms with Crippen molar-refractivity contribution in [3.8, 4) is 5.75 Å². The molecule has 0 amide bonds. The maximum atomic E-state index is 9.58. The number of aromatic hydroxyl groups is 1. The lowest BCUT2D eigenvalue weighted by molar-refractivity contribution is 0.474. The number of phenolic OH excluding ortho intramolecular Hbond substituents is 1. The highest BCUT2D eigenvalue weighted by Gasteiger charge is 2.02. The molecule has 0 aliphatic heterocycles. The zero-order chi connectivity index (χ0) is 11.4. The monoisotopic (exact) mass is 213 g/mol. The number of benzene rings is 1. The number of allylic oxidation sites excluding steroid dienone is 4. The molecule has 2 heteroatoms. The second-order valence-electron chi connectivity index (χ2n) is 3.89. The van der Waals surface area contributed by atoms with E-state index in [9.17, 15) is 5.11 Å². The fourth-order valence-electron chi connectivity index (χ4n) is 1.68. The highest BCUT2D eigenvalue weighted by atomic mass is 16.3. The van der Waals surface area contributed by atoms with Crippen LogP contribution in [0.3, 0.4) is 0 Å². The lowest BCUT2D eigenvalue weighted by atomic mass is 10.1. The van der Waals surface area contributed by atoms with Crippen LogP contribution in [0.4, 0.5) is 0 Å². The number of hydrogen-bond donors (Lipinski definition) is 1. The zero-order valence-electron chi connectivity index (χ0n) is 9.35. The minimum Gasteiger partial charge on any atom is -0.507 e. The Kier molecular flexibility index (Phi) is 3.20. The predicted molar refractivity (Wildman–Crippen MR) is 66.8 cm³/mol. The molecule has 82 valence electrons. The van der Waals surface area contributed by atoms with E-state index in [2.05, 4.69) is 24.1 Å². The van der Waals surface area contributed by atoms with Gasteiger partial charge in [0.1, 0.15) is 5.75 Å². The molecule has 0 radical (unpaired) electrons. The van der Waals surface area contributed by atoms with Crippen LogP contribution >= 0.6 is 0 Å². The normalized spacial score (nSPS) is 16.1. The Morgan fingerprint density at radius 1 is 1.31 bits per heavy atom. The minimum atomic E-state index is 0.274. The number of aliphatic imine (C=N–C) groups is 1. The van der Waals surface area contributed by atoms with E-state index in [1.165, 1.54) is 5.57 Å². The van der Waals surface area contributed by atoms with Gasteiger partial charge in [0.05, 0.1) is 0 Å². The number of rotatable bonds is 2. The number of nitrogens with zero attached hydrogens (tertiary/aromatic N) is 1. The van der Waals surface area contributed by atoms with Crippen LogP contribution in [0, 0.1) is 0 Å². The fraction of sp³-hybridized carbons (Fsp3) is 0.214. The third-order valence-corrected chi connectivity index (χ3v) is 2.67. The van der Waals surface area contributed by atoms with Crippen molar-refractivity contribution in [1.82, 2.24) is 0 Å². The third kappa shape index (κ3) is 2.40. The second kappa shape index (κ2) is 4.79. The van der Waals surface area contributed by atoms with Crippen LogP contribution in [0.25, 0.3) is 0 Å². The summed E-state index contributed by atoms with van der Waals surface area (Å²) in [4.78, 5) is 4.44. The van der Waals surface area contributed by atoms with E-state index in [-0.39, 0.29) is 5.75 Å². The van der Waals surface area contributed by atoms with Crippen molar-refractivity contribution in [1.29, 1.82) is 0 Å². The first-order valence-corrected chi connectivity index (χ1v) is 5.46. The van der Waals surface area contributed by atoms with Gasteiger partial charge < -0.3 is 5.11 Å². The molecule has 0 atom stereocenters. The molecule has 1 aromatic carbocycles. The molecule has 0 spiro atoms. The molecule has 1 aliphatic rings. The van der Waals surface area contributed by atoms with Crippen LogP contribution in [0.5, 0.6) is 5.75 Å². The van der Waals surface area contributed by atoms with Crippen LogP contribution in [-0.4, -0.2) is 11.3 Å². The van der Waals surface area contributed by atoms with Crippen LogP contribution in [-0.2, 0) is 0 Å². The Morgan fingerprint density at radius 2 is 2.12 bits per heavy atom. The van der Waals surface area contributed by atoms with Gasteiger partial charge in [0, 0.05) is 17.5 Å². The van der Waals surface area contributed by atoms with Crippen molar-refractivity contribution in [3.63, 3.8) is 0 Å². The Labute approximate surface area is 95.7 Å². The van der Waals surface area contributed by atoms with Crippen LogP contribution in [0.1, 0.15) is 25.3 Å². The standard InChI is InChI=1S/C14H15NO/c1-11-6-2-4-8-13(11)15-10-12-7-3-5-9-14(12)16/h2-3,5-7,9-10,16H,4,8H2,1H3.